The number of fused-ring (bicyclic) bond motifs is 1. The number of anilines is 1. The Kier molecular flexibility index (Phi) is 6.17. The molecule has 0 bridgehead atoms. The average Bonchev–Trinajstić information content (AvgIpc) is 2.73. The van der Waals surface area contributed by atoms with Crippen LogP contribution in [0.2, 0.25) is 5.02 Å². The molecular weight excluding hydrogens is 412 g/mol. The number of esters is 1. The van der Waals surface area contributed by atoms with Crippen molar-refractivity contribution in [1.29, 1.82) is 0 Å². The normalized spacial score (nSPS) is 11.6. The number of nitro benzene ring substituents is 1. The first-order valence-electron chi connectivity index (χ1n) is 8.82. The maximum atomic E-state index is 12.6. The fourth-order valence-electron chi connectivity index (χ4n) is 2.78. The number of non-ortho nitro benzene ring substituents is 1. The van der Waals surface area contributed by atoms with Crippen molar-refractivity contribution in [3.63, 3.8) is 0 Å². The number of carbonyl (C=O) groups excluding carboxylic acids is 2. The van der Waals surface area contributed by atoms with Gasteiger partial charge in [-0.2, -0.15) is 0 Å². The van der Waals surface area contributed by atoms with Crippen LogP contribution in [-0.4, -0.2) is 30.0 Å². The van der Waals surface area contributed by atoms with Crippen LogP contribution in [0.25, 0.3) is 10.8 Å². The summed E-state index contributed by atoms with van der Waals surface area (Å²) in [4.78, 5) is 35.4. The second kappa shape index (κ2) is 8.79. The van der Waals surface area contributed by atoms with Crippen molar-refractivity contribution in [2.45, 2.75) is 13.0 Å². The first-order chi connectivity index (χ1) is 14.3. The quantitative estimate of drug-likeness (QED) is 0.349. The molecule has 0 aliphatic carbocycles. The van der Waals surface area contributed by atoms with E-state index in [1.54, 1.807) is 12.1 Å². The van der Waals surface area contributed by atoms with Gasteiger partial charge >= 0.3 is 5.97 Å². The van der Waals surface area contributed by atoms with Crippen molar-refractivity contribution < 1.29 is 24.0 Å². The number of ether oxygens (including phenoxy) is 2. The van der Waals surface area contributed by atoms with Crippen molar-refractivity contribution in [1.82, 2.24) is 0 Å². The SMILES string of the molecule is COc1cc2ccccc2cc1C(=O)OC(C)C(=O)Nc1cc([N+](=O)[O-])ccc1Cl. The van der Waals surface area contributed by atoms with Gasteiger partial charge in [0, 0.05) is 12.1 Å². The highest BCUT2D eigenvalue weighted by Gasteiger charge is 2.23. The molecule has 1 amide bonds. The fraction of sp³-hybridized carbons (Fsp3) is 0.143. The smallest absolute Gasteiger partial charge is 0.342 e. The summed E-state index contributed by atoms with van der Waals surface area (Å²) in [5, 5.41) is 15.2. The van der Waals surface area contributed by atoms with Gasteiger partial charge in [-0.1, -0.05) is 35.9 Å². The Labute approximate surface area is 176 Å². The zero-order chi connectivity index (χ0) is 21.8. The minimum Gasteiger partial charge on any atom is -0.496 e. The van der Waals surface area contributed by atoms with Crippen LogP contribution >= 0.6 is 11.6 Å². The molecule has 0 aliphatic heterocycles. The summed E-state index contributed by atoms with van der Waals surface area (Å²) >= 11 is 5.98. The molecule has 0 aliphatic rings. The van der Waals surface area contributed by atoms with Gasteiger partial charge in [-0.05, 0) is 35.9 Å². The summed E-state index contributed by atoms with van der Waals surface area (Å²) in [5.74, 6) is -1.12. The second-order valence-corrected chi connectivity index (χ2v) is 6.76. The van der Waals surface area contributed by atoms with E-state index in [1.165, 1.54) is 26.2 Å². The van der Waals surface area contributed by atoms with Crippen LogP contribution in [-0.2, 0) is 9.53 Å². The van der Waals surface area contributed by atoms with E-state index < -0.39 is 22.9 Å². The number of carbonyl (C=O) groups is 2. The lowest BCUT2D eigenvalue weighted by atomic mass is 10.1. The van der Waals surface area contributed by atoms with Crippen LogP contribution in [0.4, 0.5) is 11.4 Å². The number of hydrogen-bond donors (Lipinski definition) is 1. The summed E-state index contributed by atoms with van der Waals surface area (Å²) in [6.07, 6.45) is -1.19. The molecule has 0 radical (unpaired) electrons. The van der Waals surface area contributed by atoms with Crippen LogP contribution < -0.4 is 10.1 Å². The van der Waals surface area contributed by atoms with Crippen LogP contribution in [0, 0.1) is 10.1 Å². The number of halogens is 1. The van der Waals surface area contributed by atoms with E-state index in [9.17, 15) is 19.7 Å². The van der Waals surface area contributed by atoms with Crippen LogP contribution in [0.5, 0.6) is 5.75 Å². The highest BCUT2D eigenvalue weighted by Crippen LogP contribution is 2.28. The van der Waals surface area contributed by atoms with Crippen molar-refractivity contribution in [3.05, 3.63) is 75.3 Å². The fourth-order valence-corrected chi connectivity index (χ4v) is 2.95. The molecule has 0 aromatic heterocycles. The minimum atomic E-state index is -1.19. The lowest BCUT2D eigenvalue weighted by molar-refractivity contribution is -0.384. The predicted octanol–water partition coefficient (Wildman–Crippen LogP) is 4.59. The molecule has 0 fully saturated rings. The molecule has 1 unspecified atom stereocenters. The lowest BCUT2D eigenvalue weighted by Crippen LogP contribution is -2.30. The molecule has 154 valence electrons. The molecule has 9 heteroatoms. The van der Waals surface area contributed by atoms with E-state index in [0.717, 1.165) is 16.8 Å². The summed E-state index contributed by atoms with van der Waals surface area (Å²) < 4.78 is 10.6. The van der Waals surface area contributed by atoms with E-state index in [2.05, 4.69) is 5.32 Å². The summed E-state index contributed by atoms with van der Waals surface area (Å²) in [6, 6.07) is 14.4. The largest absolute Gasteiger partial charge is 0.496 e. The summed E-state index contributed by atoms with van der Waals surface area (Å²) in [5.41, 5.74) is -0.0217. The standard InChI is InChI=1S/C21H17ClN2O6/c1-12(20(25)23-18-11-15(24(27)28)7-8-17(18)22)30-21(26)16-9-13-5-3-4-6-14(13)10-19(16)29-2/h3-12H,1-2H3,(H,23,25). The number of hydrogen-bond acceptors (Lipinski definition) is 6. The Bertz CT molecular complexity index is 1150. The van der Waals surface area contributed by atoms with Crippen LogP contribution in [0.1, 0.15) is 17.3 Å². The third-order valence-electron chi connectivity index (χ3n) is 4.36. The van der Waals surface area contributed by atoms with Gasteiger partial charge in [0.1, 0.15) is 11.3 Å². The number of rotatable bonds is 6. The Morgan fingerprint density at radius 2 is 1.77 bits per heavy atom. The molecule has 3 aromatic carbocycles. The molecule has 0 heterocycles. The molecule has 3 aromatic rings. The average molecular weight is 429 g/mol. The van der Waals surface area contributed by atoms with Gasteiger partial charge in [-0.15, -0.1) is 0 Å². The molecule has 0 spiro atoms. The van der Waals surface area contributed by atoms with Crippen LogP contribution in [0.3, 0.4) is 0 Å². The van der Waals surface area contributed by atoms with Gasteiger partial charge in [-0.3, -0.25) is 14.9 Å². The maximum absolute atomic E-state index is 12.6. The van der Waals surface area contributed by atoms with Crippen LogP contribution in [0.15, 0.2) is 54.6 Å². The molecule has 0 saturated carbocycles. The third kappa shape index (κ3) is 4.49. The highest BCUT2D eigenvalue weighted by molar-refractivity contribution is 6.33. The van der Waals surface area contributed by atoms with Gasteiger partial charge < -0.3 is 14.8 Å². The Morgan fingerprint density at radius 3 is 2.40 bits per heavy atom. The highest BCUT2D eigenvalue weighted by atomic mass is 35.5. The molecule has 3 rings (SSSR count). The predicted molar refractivity (Wildman–Crippen MR) is 112 cm³/mol. The van der Waals surface area contributed by atoms with E-state index in [0.29, 0.717) is 5.75 Å². The first-order valence-corrected chi connectivity index (χ1v) is 9.20. The molecule has 30 heavy (non-hydrogen) atoms. The summed E-state index contributed by atoms with van der Waals surface area (Å²) in [7, 11) is 1.43. The topological polar surface area (TPSA) is 108 Å². The van der Waals surface area contributed by atoms with Crippen molar-refractivity contribution in [3.8, 4) is 5.75 Å². The number of benzene rings is 3. The first kappa shape index (κ1) is 21.1. The van der Waals surface area contributed by atoms with Crippen molar-refractivity contribution >= 4 is 45.6 Å². The zero-order valence-corrected chi connectivity index (χ0v) is 16.8. The number of methoxy groups -OCH3 is 1. The molecule has 1 atom stereocenters. The maximum Gasteiger partial charge on any atom is 0.342 e. The van der Waals surface area contributed by atoms with Gasteiger partial charge in [0.15, 0.2) is 6.10 Å². The Hall–Kier alpha value is -3.65. The van der Waals surface area contributed by atoms with E-state index in [-0.39, 0.29) is 22.0 Å². The van der Waals surface area contributed by atoms with Crippen molar-refractivity contribution in [2.75, 3.05) is 12.4 Å². The number of amides is 1. The summed E-state index contributed by atoms with van der Waals surface area (Å²) in [6.45, 7) is 1.38. The molecular formula is C21H17ClN2O6. The van der Waals surface area contributed by atoms with Gasteiger partial charge in [0.25, 0.3) is 11.6 Å². The lowest BCUT2D eigenvalue weighted by Gasteiger charge is -2.16. The Morgan fingerprint density at radius 1 is 1.10 bits per heavy atom. The number of nitrogens with zero attached hydrogens (tertiary/aromatic N) is 1. The van der Waals surface area contributed by atoms with E-state index in [4.69, 9.17) is 21.1 Å². The van der Waals surface area contributed by atoms with Crippen molar-refractivity contribution in [2.24, 2.45) is 0 Å². The van der Waals surface area contributed by atoms with Gasteiger partial charge in [-0.25, -0.2) is 4.79 Å². The van der Waals surface area contributed by atoms with E-state index in [1.807, 2.05) is 24.3 Å². The second-order valence-electron chi connectivity index (χ2n) is 6.36. The number of nitro groups is 1. The molecule has 1 N–H and O–H groups in total. The van der Waals surface area contributed by atoms with E-state index >= 15 is 0 Å². The zero-order valence-electron chi connectivity index (χ0n) is 16.0. The monoisotopic (exact) mass is 428 g/mol. The number of nitrogens with one attached hydrogen (secondary N) is 1. The molecule has 8 nitrogen and oxygen atoms in total. The Balaban J connectivity index is 1.77. The van der Waals surface area contributed by atoms with Gasteiger partial charge in [0.05, 0.1) is 22.7 Å². The minimum absolute atomic E-state index is 0.0436. The molecule has 0 saturated heterocycles. The van der Waals surface area contributed by atoms with Gasteiger partial charge in [0.2, 0.25) is 0 Å². The third-order valence-corrected chi connectivity index (χ3v) is 4.69.